The van der Waals surface area contributed by atoms with Crippen LogP contribution in [0.1, 0.15) is 19.0 Å². The molecule has 0 amide bonds. The quantitative estimate of drug-likeness (QED) is 0.861. The molecule has 2 aromatic rings. The SMILES string of the molecule is CCOC(=O)CCc1csc(-c2ccc(O)cc2F)n1. The van der Waals surface area contributed by atoms with Crippen LogP contribution in [0.4, 0.5) is 4.39 Å². The number of hydrogen-bond donors (Lipinski definition) is 1. The molecule has 0 saturated carbocycles. The van der Waals surface area contributed by atoms with Gasteiger partial charge in [-0.15, -0.1) is 11.3 Å². The molecule has 1 heterocycles. The zero-order valence-corrected chi connectivity index (χ0v) is 11.7. The largest absolute Gasteiger partial charge is 0.508 e. The Morgan fingerprint density at radius 3 is 3.00 bits per heavy atom. The number of carbonyl (C=O) groups is 1. The third-order valence-electron chi connectivity index (χ3n) is 2.63. The molecule has 0 fully saturated rings. The molecule has 1 aromatic carbocycles. The maximum Gasteiger partial charge on any atom is 0.306 e. The van der Waals surface area contributed by atoms with E-state index in [1.165, 1.54) is 23.5 Å². The van der Waals surface area contributed by atoms with Crippen molar-refractivity contribution < 1.29 is 19.0 Å². The minimum Gasteiger partial charge on any atom is -0.508 e. The summed E-state index contributed by atoms with van der Waals surface area (Å²) >= 11 is 1.30. The second-order valence-corrected chi connectivity index (χ2v) is 4.97. The molecule has 20 heavy (non-hydrogen) atoms. The van der Waals surface area contributed by atoms with E-state index >= 15 is 0 Å². The van der Waals surface area contributed by atoms with Crippen molar-refractivity contribution in [2.75, 3.05) is 6.61 Å². The summed E-state index contributed by atoms with van der Waals surface area (Å²) in [7, 11) is 0. The molecule has 0 aliphatic carbocycles. The maximum atomic E-state index is 13.7. The second-order valence-electron chi connectivity index (χ2n) is 4.11. The van der Waals surface area contributed by atoms with Crippen LogP contribution in [0.3, 0.4) is 0 Å². The summed E-state index contributed by atoms with van der Waals surface area (Å²) in [5.74, 6) is -0.903. The zero-order valence-electron chi connectivity index (χ0n) is 10.9. The van der Waals surface area contributed by atoms with E-state index in [0.29, 0.717) is 23.6 Å². The van der Waals surface area contributed by atoms with Gasteiger partial charge in [0.2, 0.25) is 0 Å². The second kappa shape index (κ2) is 6.47. The van der Waals surface area contributed by atoms with E-state index in [2.05, 4.69) is 4.98 Å². The smallest absolute Gasteiger partial charge is 0.306 e. The van der Waals surface area contributed by atoms with Crippen LogP contribution < -0.4 is 0 Å². The van der Waals surface area contributed by atoms with Gasteiger partial charge >= 0.3 is 5.97 Å². The summed E-state index contributed by atoms with van der Waals surface area (Å²) in [4.78, 5) is 15.5. The van der Waals surface area contributed by atoms with Crippen molar-refractivity contribution in [3.63, 3.8) is 0 Å². The first-order valence-electron chi connectivity index (χ1n) is 6.19. The summed E-state index contributed by atoms with van der Waals surface area (Å²) in [6.45, 7) is 2.12. The van der Waals surface area contributed by atoms with Crippen LogP contribution in [-0.2, 0) is 16.0 Å². The predicted molar refractivity (Wildman–Crippen MR) is 74.1 cm³/mol. The van der Waals surface area contributed by atoms with Crippen molar-refractivity contribution in [3.05, 3.63) is 35.1 Å². The Morgan fingerprint density at radius 2 is 2.30 bits per heavy atom. The molecule has 0 saturated heterocycles. The average molecular weight is 295 g/mol. The fraction of sp³-hybridized carbons (Fsp3) is 0.286. The highest BCUT2D eigenvalue weighted by Crippen LogP contribution is 2.28. The number of hydrogen-bond acceptors (Lipinski definition) is 5. The monoisotopic (exact) mass is 295 g/mol. The molecule has 0 spiro atoms. The summed E-state index contributed by atoms with van der Waals surface area (Å²) in [5.41, 5.74) is 1.07. The third kappa shape index (κ3) is 3.54. The summed E-state index contributed by atoms with van der Waals surface area (Å²) in [5, 5.41) is 11.5. The Morgan fingerprint density at radius 1 is 1.50 bits per heavy atom. The summed E-state index contributed by atoms with van der Waals surface area (Å²) in [6, 6.07) is 3.95. The molecule has 106 valence electrons. The van der Waals surface area contributed by atoms with Gasteiger partial charge in [0.05, 0.1) is 18.7 Å². The van der Waals surface area contributed by atoms with Gasteiger partial charge in [-0.25, -0.2) is 9.37 Å². The van der Waals surface area contributed by atoms with Gasteiger partial charge in [0.15, 0.2) is 0 Å². The molecule has 1 aromatic heterocycles. The van der Waals surface area contributed by atoms with Gasteiger partial charge < -0.3 is 9.84 Å². The van der Waals surface area contributed by atoms with E-state index in [-0.39, 0.29) is 18.1 Å². The van der Waals surface area contributed by atoms with Gasteiger partial charge in [-0.05, 0) is 19.1 Å². The number of aryl methyl sites for hydroxylation is 1. The van der Waals surface area contributed by atoms with Crippen LogP contribution in [0.5, 0.6) is 5.75 Å². The molecule has 2 rings (SSSR count). The number of benzene rings is 1. The van der Waals surface area contributed by atoms with Gasteiger partial charge in [0.1, 0.15) is 16.6 Å². The molecule has 1 N–H and O–H groups in total. The molecular formula is C14H14FNO3S. The molecule has 0 unspecified atom stereocenters. The molecule has 0 radical (unpaired) electrons. The number of ether oxygens (including phenoxy) is 1. The number of carbonyl (C=O) groups excluding carboxylic acids is 1. The average Bonchev–Trinajstić information content (AvgIpc) is 2.85. The normalized spacial score (nSPS) is 10.5. The topological polar surface area (TPSA) is 59.4 Å². The van der Waals surface area contributed by atoms with Crippen molar-refractivity contribution >= 4 is 17.3 Å². The van der Waals surface area contributed by atoms with Crippen molar-refractivity contribution in [1.29, 1.82) is 0 Å². The fourth-order valence-corrected chi connectivity index (χ4v) is 2.57. The first kappa shape index (κ1) is 14.5. The minimum atomic E-state index is -0.517. The third-order valence-corrected chi connectivity index (χ3v) is 3.55. The number of halogens is 1. The molecule has 0 aliphatic rings. The van der Waals surface area contributed by atoms with E-state index in [1.54, 1.807) is 12.3 Å². The summed E-state index contributed by atoms with van der Waals surface area (Å²) < 4.78 is 18.5. The van der Waals surface area contributed by atoms with E-state index in [9.17, 15) is 14.3 Å². The fourth-order valence-electron chi connectivity index (χ4n) is 1.69. The standard InChI is InChI=1S/C14H14FNO3S/c1-2-19-13(18)6-3-9-8-20-14(16-9)11-5-4-10(17)7-12(11)15/h4-5,7-8,17H,2-3,6H2,1H3. The number of rotatable bonds is 5. The number of phenols is 1. The lowest BCUT2D eigenvalue weighted by Gasteiger charge is -2.00. The highest BCUT2D eigenvalue weighted by Gasteiger charge is 2.11. The minimum absolute atomic E-state index is 0.120. The Kier molecular flexibility index (Phi) is 4.68. The Bertz CT molecular complexity index is 612. The molecule has 4 nitrogen and oxygen atoms in total. The van der Waals surface area contributed by atoms with Crippen LogP contribution in [0.15, 0.2) is 23.6 Å². The van der Waals surface area contributed by atoms with E-state index in [1.807, 2.05) is 0 Å². The predicted octanol–water partition coefficient (Wildman–Crippen LogP) is 3.15. The maximum absolute atomic E-state index is 13.7. The van der Waals surface area contributed by atoms with E-state index < -0.39 is 5.82 Å². The first-order chi connectivity index (χ1) is 9.60. The number of aromatic nitrogens is 1. The lowest BCUT2D eigenvalue weighted by atomic mass is 10.2. The van der Waals surface area contributed by atoms with Crippen molar-refractivity contribution in [2.45, 2.75) is 19.8 Å². The van der Waals surface area contributed by atoms with Gasteiger partial charge in [-0.1, -0.05) is 0 Å². The van der Waals surface area contributed by atoms with Crippen molar-refractivity contribution in [2.24, 2.45) is 0 Å². The lowest BCUT2D eigenvalue weighted by molar-refractivity contribution is -0.143. The van der Waals surface area contributed by atoms with E-state index in [0.717, 1.165) is 11.8 Å². The van der Waals surface area contributed by atoms with Crippen LogP contribution in [-0.4, -0.2) is 22.7 Å². The Balaban J connectivity index is 2.07. The van der Waals surface area contributed by atoms with Gasteiger partial charge in [0, 0.05) is 23.4 Å². The van der Waals surface area contributed by atoms with Crippen molar-refractivity contribution in [3.8, 4) is 16.3 Å². The molecule has 6 heteroatoms. The number of nitrogens with zero attached hydrogens (tertiary/aromatic N) is 1. The number of aromatic hydroxyl groups is 1. The highest BCUT2D eigenvalue weighted by molar-refractivity contribution is 7.13. The molecule has 0 bridgehead atoms. The highest BCUT2D eigenvalue weighted by atomic mass is 32.1. The first-order valence-corrected chi connectivity index (χ1v) is 7.07. The lowest BCUT2D eigenvalue weighted by Crippen LogP contribution is -2.05. The van der Waals surface area contributed by atoms with Gasteiger partial charge in [0.25, 0.3) is 0 Å². The summed E-state index contributed by atoms with van der Waals surface area (Å²) in [6.07, 6.45) is 0.726. The zero-order chi connectivity index (χ0) is 14.5. The van der Waals surface area contributed by atoms with Crippen LogP contribution >= 0.6 is 11.3 Å². The van der Waals surface area contributed by atoms with Crippen LogP contribution in [0.2, 0.25) is 0 Å². The molecule has 0 aliphatic heterocycles. The molecular weight excluding hydrogens is 281 g/mol. The Hall–Kier alpha value is -1.95. The van der Waals surface area contributed by atoms with Crippen LogP contribution in [0, 0.1) is 5.82 Å². The van der Waals surface area contributed by atoms with Gasteiger partial charge in [-0.2, -0.15) is 0 Å². The number of esters is 1. The van der Waals surface area contributed by atoms with Crippen LogP contribution in [0.25, 0.3) is 10.6 Å². The van der Waals surface area contributed by atoms with E-state index in [4.69, 9.17) is 4.74 Å². The number of thiazole rings is 1. The van der Waals surface area contributed by atoms with Crippen molar-refractivity contribution in [1.82, 2.24) is 4.98 Å². The van der Waals surface area contributed by atoms with Gasteiger partial charge in [-0.3, -0.25) is 4.79 Å². The molecule has 0 atom stereocenters. The Labute approximate surface area is 119 Å². The number of phenolic OH excluding ortho intramolecular Hbond substituents is 1.